The number of benzene rings is 2. The Bertz CT molecular complexity index is 942. The van der Waals surface area contributed by atoms with E-state index in [0.717, 1.165) is 11.5 Å². The van der Waals surface area contributed by atoms with Gasteiger partial charge in [-0.25, -0.2) is 4.79 Å². The van der Waals surface area contributed by atoms with E-state index in [1.165, 1.54) is 5.56 Å². The van der Waals surface area contributed by atoms with Crippen molar-refractivity contribution in [2.75, 3.05) is 16.8 Å². The van der Waals surface area contributed by atoms with Gasteiger partial charge in [0.15, 0.2) is 0 Å². The number of nitrogens with one attached hydrogen (secondary N) is 3. The first-order valence-corrected chi connectivity index (χ1v) is 10.9. The highest BCUT2D eigenvalue weighted by molar-refractivity contribution is 8.19. The quantitative estimate of drug-likeness (QED) is 0.668. The fourth-order valence-electron chi connectivity index (χ4n) is 3.20. The Balaban J connectivity index is 1.49. The normalized spacial score (nSPS) is 22.0. The first-order chi connectivity index (χ1) is 13.5. The third-order valence-corrected chi connectivity index (χ3v) is 7.91. The van der Waals surface area contributed by atoms with Gasteiger partial charge in [0, 0.05) is 22.8 Å². The lowest BCUT2D eigenvalue weighted by Gasteiger charge is -2.21. The summed E-state index contributed by atoms with van der Waals surface area (Å²) in [6, 6.07) is 14.1. The number of anilines is 1. The molecule has 2 aliphatic heterocycles. The SMILES string of the molecule is C[C@@]1(c2cccc(NC(=O)c3ccc(C4SCCS4)cc3)c2)NC(=O)NC1=O. The zero-order valence-corrected chi connectivity index (χ0v) is 16.8. The van der Waals surface area contributed by atoms with Gasteiger partial charge in [-0.3, -0.25) is 14.9 Å². The second-order valence-corrected chi connectivity index (χ2v) is 9.49. The topological polar surface area (TPSA) is 87.3 Å². The molecule has 4 rings (SSSR count). The predicted molar refractivity (Wildman–Crippen MR) is 113 cm³/mol. The summed E-state index contributed by atoms with van der Waals surface area (Å²) in [6.45, 7) is 1.63. The van der Waals surface area contributed by atoms with Gasteiger partial charge < -0.3 is 10.6 Å². The molecule has 6 nitrogen and oxygen atoms in total. The van der Waals surface area contributed by atoms with Crippen LogP contribution >= 0.6 is 23.5 Å². The van der Waals surface area contributed by atoms with Crippen LogP contribution < -0.4 is 16.0 Å². The van der Waals surface area contributed by atoms with Crippen molar-refractivity contribution in [3.8, 4) is 0 Å². The summed E-state index contributed by atoms with van der Waals surface area (Å²) in [7, 11) is 0. The maximum Gasteiger partial charge on any atom is 0.322 e. The lowest BCUT2D eigenvalue weighted by molar-refractivity contribution is -0.123. The van der Waals surface area contributed by atoms with Crippen molar-refractivity contribution in [3.63, 3.8) is 0 Å². The molecule has 0 saturated carbocycles. The van der Waals surface area contributed by atoms with Crippen molar-refractivity contribution >= 4 is 47.1 Å². The predicted octanol–water partition coefficient (Wildman–Crippen LogP) is 3.47. The minimum atomic E-state index is -1.16. The maximum absolute atomic E-state index is 12.6. The highest BCUT2D eigenvalue weighted by Gasteiger charge is 2.43. The number of imide groups is 1. The molecule has 2 aromatic carbocycles. The highest BCUT2D eigenvalue weighted by Crippen LogP contribution is 2.45. The number of amides is 4. The fraction of sp³-hybridized carbons (Fsp3) is 0.250. The van der Waals surface area contributed by atoms with E-state index in [0.29, 0.717) is 21.4 Å². The summed E-state index contributed by atoms with van der Waals surface area (Å²) < 4.78 is 0.447. The monoisotopic (exact) mass is 413 g/mol. The van der Waals surface area contributed by atoms with Gasteiger partial charge >= 0.3 is 6.03 Å². The largest absolute Gasteiger partial charge is 0.322 e. The fourth-order valence-corrected chi connectivity index (χ4v) is 6.06. The van der Waals surface area contributed by atoms with E-state index < -0.39 is 17.5 Å². The third kappa shape index (κ3) is 3.62. The summed E-state index contributed by atoms with van der Waals surface area (Å²) in [5, 5.41) is 7.73. The molecule has 0 bridgehead atoms. The molecule has 144 valence electrons. The standard InChI is InChI=1S/C20H19N3O3S2/c1-20(18(25)22-19(26)23-20)14-3-2-4-15(11-14)21-16(24)12-5-7-13(8-6-12)17-27-9-10-28-17/h2-8,11,17H,9-10H2,1H3,(H,21,24)(H2,22,23,25,26)/t20-/m0/s1. The van der Waals surface area contributed by atoms with Crippen LogP contribution in [0.3, 0.4) is 0 Å². The van der Waals surface area contributed by atoms with Crippen LogP contribution in [0.2, 0.25) is 0 Å². The van der Waals surface area contributed by atoms with Crippen LogP contribution in [0.5, 0.6) is 0 Å². The van der Waals surface area contributed by atoms with Crippen LogP contribution in [0.15, 0.2) is 48.5 Å². The zero-order valence-electron chi connectivity index (χ0n) is 15.2. The van der Waals surface area contributed by atoms with E-state index in [9.17, 15) is 14.4 Å². The van der Waals surface area contributed by atoms with Crippen molar-refractivity contribution in [2.24, 2.45) is 0 Å². The van der Waals surface area contributed by atoms with Gasteiger partial charge in [0.05, 0.1) is 4.58 Å². The maximum atomic E-state index is 12.6. The molecule has 2 heterocycles. The Morgan fingerprint density at radius 1 is 1.11 bits per heavy atom. The van der Waals surface area contributed by atoms with E-state index in [4.69, 9.17) is 0 Å². The molecule has 3 N–H and O–H groups in total. The second-order valence-electron chi connectivity index (χ2n) is 6.76. The van der Waals surface area contributed by atoms with Crippen LogP contribution in [0.1, 0.15) is 33.0 Å². The minimum Gasteiger partial charge on any atom is -0.322 e. The van der Waals surface area contributed by atoms with Crippen molar-refractivity contribution in [3.05, 3.63) is 65.2 Å². The number of thioether (sulfide) groups is 2. The molecular weight excluding hydrogens is 394 g/mol. The summed E-state index contributed by atoms with van der Waals surface area (Å²) in [4.78, 5) is 36.2. The van der Waals surface area contributed by atoms with Gasteiger partial charge in [-0.15, -0.1) is 23.5 Å². The summed E-state index contributed by atoms with van der Waals surface area (Å²) in [5.41, 5.74) is 1.79. The number of carbonyl (C=O) groups is 3. The Labute approximate surface area is 171 Å². The summed E-state index contributed by atoms with van der Waals surface area (Å²) in [6.07, 6.45) is 0. The van der Waals surface area contributed by atoms with Crippen LogP contribution in [-0.2, 0) is 10.3 Å². The van der Waals surface area contributed by atoms with Crippen molar-refractivity contribution < 1.29 is 14.4 Å². The second kappa shape index (κ2) is 7.52. The van der Waals surface area contributed by atoms with Crippen molar-refractivity contribution in [1.29, 1.82) is 0 Å². The molecule has 2 fully saturated rings. The molecule has 0 aliphatic carbocycles. The summed E-state index contributed by atoms with van der Waals surface area (Å²) >= 11 is 3.85. The van der Waals surface area contributed by atoms with Gasteiger partial charge in [0.25, 0.3) is 11.8 Å². The molecule has 2 aromatic rings. The third-order valence-electron chi connectivity index (χ3n) is 4.81. The van der Waals surface area contributed by atoms with E-state index in [2.05, 4.69) is 16.0 Å². The Morgan fingerprint density at radius 3 is 2.46 bits per heavy atom. The average molecular weight is 414 g/mol. The van der Waals surface area contributed by atoms with E-state index in [1.54, 1.807) is 31.2 Å². The van der Waals surface area contributed by atoms with Crippen LogP contribution in [-0.4, -0.2) is 29.4 Å². The molecule has 2 saturated heterocycles. The molecule has 0 unspecified atom stereocenters. The van der Waals surface area contributed by atoms with Gasteiger partial charge in [-0.1, -0.05) is 24.3 Å². The number of hydrogen-bond donors (Lipinski definition) is 3. The molecular formula is C20H19N3O3S2. The first-order valence-electron chi connectivity index (χ1n) is 8.84. The highest BCUT2D eigenvalue weighted by atomic mass is 32.2. The molecule has 4 amide bonds. The van der Waals surface area contributed by atoms with E-state index >= 15 is 0 Å². The number of urea groups is 1. The van der Waals surface area contributed by atoms with Crippen LogP contribution in [0.4, 0.5) is 10.5 Å². The lowest BCUT2D eigenvalue weighted by atomic mass is 9.92. The molecule has 0 aromatic heterocycles. The Hall–Kier alpha value is -2.45. The molecule has 8 heteroatoms. The molecule has 0 radical (unpaired) electrons. The molecule has 2 aliphatic rings. The molecule has 0 spiro atoms. The molecule has 1 atom stereocenters. The summed E-state index contributed by atoms with van der Waals surface area (Å²) in [5.74, 6) is 1.68. The van der Waals surface area contributed by atoms with Gasteiger partial charge in [-0.05, 0) is 42.3 Å². The average Bonchev–Trinajstić information content (AvgIpc) is 3.31. The van der Waals surface area contributed by atoms with Gasteiger partial charge in [0.1, 0.15) is 5.54 Å². The Morgan fingerprint density at radius 2 is 1.82 bits per heavy atom. The first kappa shape index (κ1) is 18.9. The Kier molecular flexibility index (Phi) is 5.07. The van der Waals surface area contributed by atoms with E-state index in [1.807, 2.05) is 47.8 Å². The van der Waals surface area contributed by atoms with Crippen molar-refractivity contribution in [2.45, 2.75) is 17.0 Å². The van der Waals surface area contributed by atoms with Crippen LogP contribution in [0, 0.1) is 0 Å². The minimum absolute atomic E-state index is 0.222. The molecule has 28 heavy (non-hydrogen) atoms. The lowest BCUT2D eigenvalue weighted by Crippen LogP contribution is -2.40. The van der Waals surface area contributed by atoms with Crippen LogP contribution in [0.25, 0.3) is 0 Å². The van der Waals surface area contributed by atoms with Gasteiger partial charge in [-0.2, -0.15) is 0 Å². The number of rotatable bonds is 4. The zero-order chi connectivity index (χ0) is 19.7. The van der Waals surface area contributed by atoms with Crippen molar-refractivity contribution in [1.82, 2.24) is 10.6 Å². The number of carbonyl (C=O) groups excluding carboxylic acids is 3. The number of hydrogen-bond acceptors (Lipinski definition) is 5. The van der Waals surface area contributed by atoms with Gasteiger partial charge in [0.2, 0.25) is 0 Å². The van der Waals surface area contributed by atoms with E-state index in [-0.39, 0.29) is 5.91 Å². The smallest absolute Gasteiger partial charge is 0.322 e.